The summed E-state index contributed by atoms with van der Waals surface area (Å²) in [7, 11) is -5.90. The summed E-state index contributed by atoms with van der Waals surface area (Å²) < 4.78 is 47.3. The fourth-order valence-corrected chi connectivity index (χ4v) is 12.9. The van der Waals surface area contributed by atoms with E-state index in [0.29, 0.717) is 4.70 Å². The SMILES string of the molecule is Cc1ncsc1-c1ccc([C@H](C)NC(=O)[C@@H]2C[C@@H](O)CN2C(=O)C(NC(=O)CNC(=O)CC(=O)N2CCN(C(=O)C(NC(=O)c3cc4cc(C(F)(F)P(=O)(O)O)ccc4s3)C(C)(C)C)C(C(=O)N3CCOC(c4ccccc4)C3)C2)C(C)(C)C)cc1. The first kappa shape index (κ1) is 64.9. The van der Waals surface area contributed by atoms with E-state index in [-0.39, 0.29) is 62.6 Å². The van der Waals surface area contributed by atoms with Crippen molar-refractivity contribution in [3.8, 4) is 10.4 Å². The number of carbonyl (C=O) groups is 8. The monoisotopic (exact) mass is 1250 g/mol. The van der Waals surface area contributed by atoms with E-state index in [1.54, 1.807) is 47.1 Å². The Kier molecular flexibility index (Phi) is 19.7. The molecule has 7 atom stereocenters. The molecule has 0 aliphatic carbocycles. The summed E-state index contributed by atoms with van der Waals surface area (Å²) in [6.07, 6.45) is -2.37. The third-order valence-electron chi connectivity index (χ3n) is 15.5. The van der Waals surface area contributed by atoms with Gasteiger partial charge in [-0.2, -0.15) is 8.78 Å². The highest BCUT2D eigenvalue weighted by Crippen LogP contribution is 2.59. The Labute approximate surface area is 504 Å². The van der Waals surface area contributed by atoms with Crippen molar-refractivity contribution in [2.75, 3.05) is 52.4 Å². The number of aliphatic hydroxyl groups excluding tert-OH is 1. The number of alkyl halides is 2. The van der Waals surface area contributed by atoms with Gasteiger partial charge in [-0.15, -0.1) is 22.7 Å². The quantitative estimate of drug-likeness (QED) is 0.0464. The molecule has 3 saturated heterocycles. The Bertz CT molecular complexity index is 3420. The summed E-state index contributed by atoms with van der Waals surface area (Å²) in [5.41, 5.74) is -2.13. The molecule has 2 aromatic heterocycles. The molecular formula is C59H72F2N9O13PS2. The predicted octanol–water partition coefficient (Wildman–Crippen LogP) is 5.22. The largest absolute Gasteiger partial charge is 0.399 e. The fraction of sp³-hybridized carbons (Fsp3) is 0.475. The molecule has 22 nitrogen and oxygen atoms in total. The van der Waals surface area contributed by atoms with E-state index in [4.69, 9.17) is 4.74 Å². The van der Waals surface area contributed by atoms with Gasteiger partial charge in [0.15, 0.2) is 0 Å². The van der Waals surface area contributed by atoms with Crippen LogP contribution in [0.15, 0.2) is 84.4 Å². The molecule has 3 aliphatic heterocycles. The number of nitrogens with zero attached hydrogens (tertiary/aromatic N) is 5. The van der Waals surface area contributed by atoms with Crippen molar-refractivity contribution in [1.82, 2.24) is 45.9 Å². The topological polar surface area (TPSA) is 298 Å². The lowest BCUT2D eigenvalue weighted by atomic mass is 9.85. The summed E-state index contributed by atoms with van der Waals surface area (Å²) in [4.78, 5) is 142. The second kappa shape index (κ2) is 26.1. The molecule has 8 rings (SSSR count). The van der Waals surface area contributed by atoms with Crippen LogP contribution in [0.4, 0.5) is 8.78 Å². The first-order chi connectivity index (χ1) is 40.3. The van der Waals surface area contributed by atoms with Crippen molar-refractivity contribution in [3.05, 3.63) is 112 Å². The molecule has 8 amide bonds. The van der Waals surface area contributed by atoms with Crippen LogP contribution in [0, 0.1) is 17.8 Å². The van der Waals surface area contributed by atoms with Crippen LogP contribution < -0.4 is 21.3 Å². The van der Waals surface area contributed by atoms with Crippen molar-refractivity contribution in [3.63, 3.8) is 0 Å². The number of hydrogen-bond acceptors (Lipinski definition) is 14. The summed E-state index contributed by atoms with van der Waals surface area (Å²) >= 11 is 2.42. The molecule has 4 unspecified atom stereocenters. The maximum absolute atomic E-state index is 15.0. The molecule has 86 heavy (non-hydrogen) atoms. The highest BCUT2D eigenvalue weighted by molar-refractivity contribution is 7.52. The van der Waals surface area contributed by atoms with Crippen LogP contribution in [0.1, 0.15) is 106 Å². The molecular weight excluding hydrogens is 1180 g/mol. The van der Waals surface area contributed by atoms with Crippen LogP contribution in [0.3, 0.4) is 0 Å². The van der Waals surface area contributed by atoms with Crippen LogP contribution >= 0.6 is 30.3 Å². The first-order valence-electron chi connectivity index (χ1n) is 28.0. The normalized spacial score (nSPS) is 19.8. The van der Waals surface area contributed by atoms with E-state index >= 15 is 0 Å². The van der Waals surface area contributed by atoms with Crippen molar-refractivity contribution in [1.29, 1.82) is 0 Å². The number of piperazine rings is 1. The van der Waals surface area contributed by atoms with Gasteiger partial charge < -0.3 is 60.5 Å². The van der Waals surface area contributed by atoms with E-state index in [0.717, 1.165) is 50.7 Å². The zero-order valence-corrected chi connectivity index (χ0v) is 51.4. The lowest BCUT2D eigenvalue weighted by molar-refractivity contribution is -0.158. The van der Waals surface area contributed by atoms with Crippen LogP contribution in [0.25, 0.3) is 20.5 Å². The van der Waals surface area contributed by atoms with E-state index in [9.17, 15) is 66.6 Å². The Balaban J connectivity index is 0.919. The molecule has 7 N–H and O–H groups in total. The van der Waals surface area contributed by atoms with Gasteiger partial charge in [-0.3, -0.25) is 42.9 Å². The zero-order chi connectivity index (χ0) is 62.8. The number of fused-ring (bicyclic) bond motifs is 1. The number of aryl methyl sites for hydroxylation is 1. The minimum atomic E-state index is -5.90. The number of thiophene rings is 1. The summed E-state index contributed by atoms with van der Waals surface area (Å²) in [5, 5.41) is 21.7. The third-order valence-corrected chi connectivity index (χ3v) is 18.6. The van der Waals surface area contributed by atoms with E-state index in [1.165, 1.54) is 43.1 Å². The smallest absolute Gasteiger partial charge is 0.391 e. The number of amides is 8. The Morgan fingerprint density at radius 3 is 2.08 bits per heavy atom. The molecule has 5 heterocycles. The van der Waals surface area contributed by atoms with Crippen LogP contribution in [0.2, 0.25) is 0 Å². The lowest BCUT2D eigenvalue weighted by Crippen LogP contribution is -2.66. The molecule has 3 aliphatic rings. The third kappa shape index (κ3) is 14.8. The molecule has 0 spiro atoms. The fourth-order valence-electron chi connectivity index (χ4n) is 10.7. The highest BCUT2D eigenvalue weighted by Gasteiger charge is 2.51. The average molecular weight is 1250 g/mol. The second-order valence-corrected chi connectivity index (χ2v) is 27.6. The van der Waals surface area contributed by atoms with Crippen LogP contribution in [-0.2, 0) is 48.5 Å². The summed E-state index contributed by atoms with van der Waals surface area (Å²) in [6, 6.07) is 15.7. The van der Waals surface area contributed by atoms with Crippen molar-refractivity contribution in [2.24, 2.45) is 10.8 Å². The zero-order valence-electron chi connectivity index (χ0n) is 48.9. The van der Waals surface area contributed by atoms with Gasteiger partial charge in [0.1, 0.15) is 36.7 Å². The molecule has 0 bridgehead atoms. The maximum Gasteiger partial charge on any atom is 0.399 e. The number of nitrogens with one attached hydrogen (secondary N) is 4. The van der Waals surface area contributed by atoms with Gasteiger partial charge in [0, 0.05) is 42.9 Å². The number of ether oxygens (including phenoxy) is 1. The number of rotatable bonds is 17. The number of hydrogen-bond donors (Lipinski definition) is 7. The van der Waals surface area contributed by atoms with Gasteiger partial charge in [-0.1, -0.05) is 102 Å². The number of aromatic nitrogens is 1. The van der Waals surface area contributed by atoms with Gasteiger partial charge in [0.05, 0.1) is 59.3 Å². The number of halogens is 2. The number of aliphatic hydroxyl groups is 1. The molecule has 462 valence electrons. The van der Waals surface area contributed by atoms with Gasteiger partial charge in [-0.05, 0) is 65.0 Å². The van der Waals surface area contributed by atoms with Crippen LogP contribution in [-0.4, -0.2) is 169 Å². The summed E-state index contributed by atoms with van der Waals surface area (Å²) in [5.74, 6) is -5.50. The molecule has 0 saturated carbocycles. The van der Waals surface area contributed by atoms with Gasteiger partial charge in [-0.25, -0.2) is 4.98 Å². The van der Waals surface area contributed by atoms with Gasteiger partial charge >= 0.3 is 13.3 Å². The van der Waals surface area contributed by atoms with Crippen molar-refractivity contribution < 1.29 is 71.3 Å². The first-order valence-corrected chi connectivity index (χ1v) is 31.3. The summed E-state index contributed by atoms with van der Waals surface area (Å²) in [6.45, 7) is 12.7. The Hall–Kier alpha value is -7.06. The highest BCUT2D eigenvalue weighted by atomic mass is 32.1. The standard InChI is InChI=1S/C59H72F2N9O13PS2/c1-33(35-14-16-37(17-15-35)49-34(2)63-32-85-49)64-52(75)41-26-40(71)29-70(41)56(79)50(57(3,4)5)65-47(73)28-62-46(72)27-48(74)67-20-21-69(42(30-67)54(77)68-22-23-83-43(31-68)36-12-10-9-11-13-36)55(78)51(58(6,7)8)66-53(76)45-25-38-24-39(18-19-44(38)86-45)59(60,61)84(80,81)82/h9-19,24-25,32-33,40-43,50-51,71H,20-23,26-31H2,1-8H3,(H,62,72)(H,64,75)(H,65,73)(H,66,76)(H2,80,81,82)/t33-,40+,41-,42?,43?,50?,51?/m0/s1. The number of carbonyl (C=O) groups excluding carboxylic acids is 8. The average Bonchev–Trinajstić information content (AvgIpc) is 1.61. The van der Waals surface area contributed by atoms with E-state index in [2.05, 4.69) is 26.3 Å². The Morgan fingerprint density at radius 2 is 1.44 bits per heavy atom. The Morgan fingerprint density at radius 1 is 0.779 bits per heavy atom. The number of thiazole rings is 1. The molecule has 3 aromatic carbocycles. The number of benzene rings is 3. The van der Waals surface area contributed by atoms with Gasteiger partial charge in [0.25, 0.3) is 5.91 Å². The number of likely N-dealkylation sites (tertiary alicyclic amines) is 1. The number of β-amino-alcohol motifs (C(OH)–C–C–N with tert-alkyl or cyclic N) is 1. The number of morpholine rings is 1. The molecule has 5 aromatic rings. The van der Waals surface area contributed by atoms with Gasteiger partial charge in [0.2, 0.25) is 41.4 Å². The lowest BCUT2D eigenvalue weighted by Gasteiger charge is -2.45. The van der Waals surface area contributed by atoms with Crippen molar-refractivity contribution in [2.45, 2.75) is 116 Å². The van der Waals surface area contributed by atoms with E-state index in [1.807, 2.05) is 68.4 Å². The maximum atomic E-state index is 15.0. The minimum Gasteiger partial charge on any atom is -0.391 e. The predicted molar refractivity (Wildman–Crippen MR) is 316 cm³/mol. The van der Waals surface area contributed by atoms with E-state index < -0.39 is 132 Å². The second-order valence-electron chi connectivity index (χ2n) is 24.0. The molecule has 3 fully saturated rings. The molecule has 0 radical (unpaired) electrons. The van der Waals surface area contributed by atoms with Crippen LogP contribution in [0.5, 0.6) is 0 Å². The minimum absolute atomic E-state index is 0.00925. The van der Waals surface area contributed by atoms with Crippen molar-refractivity contribution >= 4 is 87.6 Å². The molecule has 27 heteroatoms.